The van der Waals surface area contributed by atoms with Crippen LogP contribution in [0.25, 0.3) is 17.2 Å². The van der Waals surface area contributed by atoms with Crippen molar-refractivity contribution in [3.05, 3.63) is 42.4 Å². The number of nitrogen functional groups attached to an aromatic ring is 1. The molecule has 3 N–H and O–H groups in total. The predicted molar refractivity (Wildman–Crippen MR) is 133 cm³/mol. The maximum absolute atomic E-state index is 12.7. The normalized spacial score (nSPS) is 19.4. The van der Waals surface area contributed by atoms with E-state index in [4.69, 9.17) is 10.7 Å². The molecule has 4 rings (SSSR count). The summed E-state index contributed by atoms with van der Waals surface area (Å²) in [5, 5.41) is 9.68. The lowest BCUT2D eigenvalue weighted by atomic mass is 10.00. The Balaban J connectivity index is 1.63. The lowest BCUT2D eigenvalue weighted by Crippen LogP contribution is -2.56. The molecule has 1 saturated heterocycles. The Morgan fingerprint density at radius 3 is 2.82 bits per heavy atom. The summed E-state index contributed by atoms with van der Waals surface area (Å²) in [7, 11) is 0. The highest BCUT2D eigenvalue weighted by Crippen LogP contribution is 2.45. The molecule has 7 nitrogen and oxygen atoms in total. The molecular weight excluding hydrogens is 414 g/mol. The van der Waals surface area contributed by atoms with Crippen LogP contribution < -0.4 is 10.6 Å². The number of carbonyl (C=O) groups excluding carboxylic acids is 1. The Hall–Kier alpha value is -2.93. The Bertz CT molecular complexity index is 1020. The quantitative estimate of drug-likeness (QED) is 0.636. The SMILES string of the molecule is C=Cc1cc(-c2cc(N)c(N3CCN(C(=O)CC(C)O)[C@H](CCC)C3)nc2C2CC2)ccn1. The molecule has 2 aromatic heterocycles. The van der Waals surface area contributed by atoms with Crippen molar-refractivity contribution in [2.24, 2.45) is 0 Å². The Labute approximate surface area is 196 Å². The van der Waals surface area contributed by atoms with Gasteiger partial charge in [0, 0.05) is 43.4 Å². The van der Waals surface area contributed by atoms with Crippen molar-refractivity contribution in [2.45, 2.75) is 64.0 Å². The number of nitrogens with two attached hydrogens (primary N) is 1. The second-order valence-corrected chi connectivity index (χ2v) is 9.31. The summed E-state index contributed by atoms with van der Waals surface area (Å²) in [6.07, 6.45) is 7.27. The first-order chi connectivity index (χ1) is 15.9. The number of aliphatic hydroxyl groups excluding tert-OH is 1. The number of aromatic nitrogens is 2. The van der Waals surface area contributed by atoms with E-state index in [1.54, 1.807) is 19.2 Å². The Kier molecular flexibility index (Phi) is 6.98. The molecule has 1 unspecified atom stereocenters. The number of anilines is 2. The zero-order chi connectivity index (χ0) is 23.5. The van der Waals surface area contributed by atoms with E-state index < -0.39 is 6.10 Å². The third kappa shape index (κ3) is 5.19. The average Bonchev–Trinajstić information content (AvgIpc) is 3.64. The zero-order valence-corrected chi connectivity index (χ0v) is 19.7. The Morgan fingerprint density at radius 2 is 2.15 bits per heavy atom. The van der Waals surface area contributed by atoms with Gasteiger partial charge in [0.2, 0.25) is 5.91 Å². The van der Waals surface area contributed by atoms with Gasteiger partial charge in [0.25, 0.3) is 0 Å². The van der Waals surface area contributed by atoms with Gasteiger partial charge in [-0.3, -0.25) is 9.78 Å². The van der Waals surface area contributed by atoms with E-state index in [1.807, 2.05) is 17.0 Å². The van der Waals surface area contributed by atoms with Crippen LogP contribution in [0.1, 0.15) is 63.3 Å². The van der Waals surface area contributed by atoms with Crippen LogP contribution in [-0.4, -0.2) is 57.7 Å². The van der Waals surface area contributed by atoms with Gasteiger partial charge in [-0.2, -0.15) is 0 Å². The highest BCUT2D eigenvalue weighted by molar-refractivity contribution is 5.79. The highest BCUT2D eigenvalue weighted by atomic mass is 16.3. The molecule has 3 heterocycles. The van der Waals surface area contributed by atoms with Gasteiger partial charge in [0.15, 0.2) is 5.82 Å². The number of amides is 1. The molecule has 0 bridgehead atoms. The standard InChI is InChI=1S/C26H35N5O2/c1-4-6-21-16-30(11-12-31(21)24(33)13-17(3)32)26-23(27)15-22(25(29-26)18-7-8-18)19-9-10-28-20(5-2)14-19/h5,9-10,14-15,17-18,21,32H,2,4,6-8,11-13,16,27H2,1,3H3/t17?,21-/m1/s1. The Morgan fingerprint density at radius 1 is 1.36 bits per heavy atom. The maximum Gasteiger partial charge on any atom is 0.225 e. The molecule has 0 aromatic carbocycles. The molecule has 1 aliphatic carbocycles. The van der Waals surface area contributed by atoms with Crippen LogP contribution in [0.4, 0.5) is 11.5 Å². The zero-order valence-electron chi connectivity index (χ0n) is 19.7. The summed E-state index contributed by atoms with van der Waals surface area (Å²) in [6, 6.07) is 6.17. The fourth-order valence-corrected chi connectivity index (χ4v) is 4.74. The highest BCUT2D eigenvalue weighted by Gasteiger charge is 2.34. The average molecular weight is 450 g/mol. The molecule has 2 atom stereocenters. The summed E-state index contributed by atoms with van der Waals surface area (Å²) in [6.45, 7) is 9.63. The largest absolute Gasteiger partial charge is 0.396 e. The lowest BCUT2D eigenvalue weighted by Gasteiger charge is -2.42. The number of hydrogen-bond donors (Lipinski definition) is 2. The van der Waals surface area contributed by atoms with Crippen molar-refractivity contribution in [2.75, 3.05) is 30.3 Å². The van der Waals surface area contributed by atoms with Gasteiger partial charge >= 0.3 is 0 Å². The molecule has 1 aliphatic heterocycles. The van der Waals surface area contributed by atoms with Crippen LogP contribution in [0.15, 0.2) is 31.0 Å². The van der Waals surface area contributed by atoms with Crippen LogP contribution >= 0.6 is 0 Å². The first-order valence-corrected chi connectivity index (χ1v) is 12.0. The third-order valence-electron chi connectivity index (χ3n) is 6.52. The lowest BCUT2D eigenvalue weighted by molar-refractivity contribution is -0.136. The number of nitrogens with zero attached hydrogens (tertiary/aromatic N) is 4. The first-order valence-electron chi connectivity index (χ1n) is 12.0. The molecule has 7 heteroatoms. The molecule has 2 aromatic rings. The fraction of sp³-hybridized carbons (Fsp3) is 0.500. The van der Waals surface area contributed by atoms with Gasteiger partial charge in [0.05, 0.1) is 29.6 Å². The molecule has 0 radical (unpaired) electrons. The summed E-state index contributed by atoms with van der Waals surface area (Å²) >= 11 is 0. The van der Waals surface area contributed by atoms with E-state index in [9.17, 15) is 9.90 Å². The van der Waals surface area contributed by atoms with Crippen molar-refractivity contribution >= 4 is 23.5 Å². The molecule has 33 heavy (non-hydrogen) atoms. The van der Waals surface area contributed by atoms with Gasteiger partial charge in [-0.25, -0.2) is 4.98 Å². The van der Waals surface area contributed by atoms with Crippen LogP contribution in [0.2, 0.25) is 0 Å². The minimum Gasteiger partial charge on any atom is -0.396 e. The van der Waals surface area contributed by atoms with Crippen molar-refractivity contribution in [1.29, 1.82) is 0 Å². The minimum absolute atomic E-state index is 0.0220. The second-order valence-electron chi connectivity index (χ2n) is 9.31. The molecule has 2 aliphatic rings. The number of aliphatic hydroxyl groups is 1. The van der Waals surface area contributed by atoms with Gasteiger partial charge < -0.3 is 20.6 Å². The molecule has 2 fully saturated rings. The van der Waals surface area contributed by atoms with Gasteiger partial charge in [-0.1, -0.05) is 19.9 Å². The van der Waals surface area contributed by atoms with E-state index in [-0.39, 0.29) is 18.4 Å². The van der Waals surface area contributed by atoms with Crippen LogP contribution in [0.5, 0.6) is 0 Å². The summed E-state index contributed by atoms with van der Waals surface area (Å²) in [4.78, 5) is 26.3. The summed E-state index contributed by atoms with van der Waals surface area (Å²) in [5.41, 5.74) is 11.3. The molecule has 176 valence electrons. The number of piperazine rings is 1. The fourth-order valence-electron chi connectivity index (χ4n) is 4.74. The maximum atomic E-state index is 12.7. The van der Waals surface area contributed by atoms with Gasteiger partial charge in [-0.05, 0) is 56.0 Å². The molecule has 1 amide bonds. The minimum atomic E-state index is -0.626. The van der Waals surface area contributed by atoms with E-state index in [0.29, 0.717) is 31.2 Å². The monoisotopic (exact) mass is 449 g/mol. The number of hydrogen-bond acceptors (Lipinski definition) is 6. The summed E-state index contributed by atoms with van der Waals surface area (Å²) in [5.74, 6) is 1.30. The smallest absolute Gasteiger partial charge is 0.225 e. The molecular formula is C26H35N5O2. The van der Waals surface area contributed by atoms with Crippen molar-refractivity contribution < 1.29 is 9.90 Å². The number of rotatable bonds is 8. The van der Waals surface area contributed by atoms with Crippen molar-refractivity contribution in [3.63, 3.8) is 0 Å². The molecule has 1 saturated carbocycles. The second kappa shape index (κ2) is 9.91. The van der Waals surface area contributed by atoms with Crippen molar-refractivity contribution in [3.8, 4) is 11.1 Å². The van der Waals surface area contributed by atoms with Crippen molar-refractivity contribution in [1.82, 2.24) is 14.9 Å². The number of pyridine rings is 2. The topological polar surface area (TPSA) is 95.6 Å². The third-order valence-corrected chi connectivity index (χ3v) is 6.52. The van der Waals surface area contributed by atoms with E-state index in [0.717, 1.165) is 54.0 Å². The van der Waals surface area contributed by atoms with Gasteiger partial charge in [0.1, 0.15) is 0 Å². The van der Waals surface area contributed by atoms with Gasteiger partial charge in [-0.15, -0.1) is 0 Å². The van der Waals surface area contributed by atoms with E-state index >= 15 is 0 Å². The predicted octanol–water partition coefficient (Wildman–Crippen LogP) is 3.83. The van der Waals surface area contributed by atoms with E-state index in [1.165, 1.54) is 0 Å². The van der Waals surface area contributed by atoms with Crippen LogP contribution in [0.3, 0.4) is 0 Å². The van der Waals surface area contributed by atoms with Crippen LogP contribution in [-0.2, 0) is 4.79 Å². The number of carbonyl (C=O) groups is 1. The summed E-state index contributed by atoms with van der Waals surface area (Å²) < 4.78 is 0. The first kappa shape index (κ1) is 23.2. The van der Waals surface area contributed by atoms with E-state index in [2.05, 4.69) is 29.5 Å². The van der Waals surface area contributed by atoms with Crippen LogP contribution in [0, 0.1) is 0 Å². The molecule has 0 spiro atoms.